The minimum absolute atomic E-state index is 0.0825. The van der Waals surface area contributed by atoms with Crippen molar-refractivity contribution in [1.29, 1.82) is 0 Å². The summed E-state index contributed by atoms with van der Waals surface area (Å²) < 4.78 is 10.4. The average Bonchev–Trinajstić information content (AvgIpc) is 2.85. The molecule has 0 fully saturated rings. The van der Waals surface area contributed by atoms with E-state index < -0.39 is 5.97 Å². The Morgan fingerprint density at radius 1 is 1.53 bits per heavy atom. The molecular weight excluding hydrogens is 272 g/mol. The molecule has 0 spiro atoms. The number of carbonyl (C=O) groups is 1. The molecule has 0 atom stereocenters. The smallest absolute Gasteiger partial charge is 0.335 e. The summed E-state index contributed by atoms with van der Waals surface area (Å²) in [6.45, 7) is 2.00. The van der Waals surface area contributed by atoms with Gasteiger partial charge in [0.2, 0.25) is 0 Å². The zero-order valence-corrected chi connectivity index (χ0v) is 10.8. The van der Waals surface area contributed by atoms with Crippen LogP contribution in [-0.4, -0.2) is 21.2 Å². The molecule has 1 heterocycles. The number of ether oxygens (including phenoxy) is 1. The van der Waals surface area contributed by atoms with Gasteiger partial charge < -0.3 is 14.4 Å². The molecular formula is C12H11ClN2O4. The van der Waals surface area contributed by atoms with Crippen molar-refractivity contribution < 1.29 is 19.2 Å². The number of aromatic carboxylic acids is 1. The number of nitrogens with zero attached hydrogens (tertiary/aromatic N) is 2. The lowest BCUT2D eigenvalue weighted by Crippen LogP contribution is -1.99. The summed E-state index contributed by atoms with van der Waals surface area (Å²) in [5.41, 5.74) is 0.100. The minimum atomic E-state index is -1.04. The molecule has 1 aromatic heterocycles. The Balaban J connectivity index is 2.05. The van der Waals surface area contributed by atoms with Crippen LogP contribution in [0.4, 0.5) is 0 Å². The predicted molar refractivity (Wildman–Crippen MR) is 66.4 cm³/mol. The number of halogens is 1. The molecule has 0 unspecified atom stereocenters. The zero-order chi connectivity index (χ0) is 13.8. The van der Waals surface area contributed by atoms with E-state index >= 15 is 0 Å². The Morgan fingerprint density at radius 2 is 2.32 bits per heavy atom. The number of carboxylic acids is 1. The van der Waals surface area contributed by atoms with Crippen LogP contribution >= 0.6 is 11.6 Å². The first-order chi connectivity index (χ1) is 9.10. The van der Waals surface area contributed by atoms with Gasteiger partial charge in [-0.25, -0.2) is 4.79 Å². The fourth-order valence-corrected chi connectivity index (χ4v) is 1.62. The molecule has 0 saturated carbocycles. The summed E-state index contributed by atoms with van der Waals surface area (Å²) in [4.78, 5) is 14.8. The molecule has 6 nitrogen and oxygen atoms in total. The SMILES string of the molecule is CCc1noc(COc2ccc(C(=O)O)cc2Cl)n1. The largest absolute Gasteiger partial charge is 0.482 e. The second kappa shape index (κ2) is 5.71. The molecule has 19 heavy (non-hydrogen) atoms. The van der Waals surface area contributed by atoms with Gasteiger partial charge >= 0.3 is 5.97 Å². The number of aromatic nitrogens is 2. The molecule has 0 amide bonds. The second-order valence-corrected chi connectivity index (χ2v) is 4.10. The fourth-order valence-electron chi connectivity index (χ4n) is 1.38. The normalized spacial score (nSPS) is 10.4. The summed E-state index contributed by atoms with van der Waals surface area (Å²) in [6, 6.07) is 4.22. The zero-order valence-electron chi connectivity index (χ0n) is 10.1. The summed E-state index contributed by atoms with van der Waals surface area (Å²) in [5, 5.41) is 12.8. The standard InChI is InChI=1S/C12H11ClN2O4/c1-2-10-14-11(19-15-10)6-18-9-4-3-7(12(16)17)5-8(9)13/h3-5H,2,6H2,1H3,(H,16,17). The quantitative estimate of drug-likeness (QED) is 0.907. The van der Waals surface area contributed by atoms with Crippen LogP contribution in [0, 0.1) is 0 Å². The number of hydrogen-bond donors (Lipinski definition) is 1. The molecule has 0 aliphatic rings. The van der Waals surface area contributed by atoms with Gasteiger partial charge in [0.1, 0.15) is 5.75 Å². The van der Waals surface area contributed by atoms with E-state index in [1.807, 2.05) is 6.92 Å². The third-order valence-electron chi connectivity index (χ3n) is 2.36. The lowest BCUT2D eigenvalue weighted by Gasteiger charge is -2.05. The lowest BCUT2D eigenvalue weighted by atomic mass is 10.2. The topological polar surface area (TPSA) is 85.5 Å². The molecule has 100 valence electrons. The molecule has 0 aliphatic carbocycles. The molecule has 2 rings (SSSR count). The van der Waals surface area contributed by atoms with Crippen LogP contribution in [0.25, 0.3) is 0 Å². The first-order valence-electron chi connectivity index (χ1n) is 5.57. The van der Waals surface area contributed by atoms with Crippen molar-refractivity contribution in [2.45, 2.75) is 20.0 Å². The molecule has 2 aromatic rings. The summed E-state index contributed by atoms with van der Waals surface area (Å²) in [5.74, 6) is 0.266. The molecule has 7 heteroatoms. The Kier molecular flexibility index (Phi) is 4.01. The van der Waals surface area contributed by atoms with Crippen LogP contribution in [-0.2, 0) is 13.0 Å². The third kappa shape index (κ3) is 3.23. The van der Waals surface area contributed by atoms with Crippen molar-refractivity contribution in [3.05, 3.63) is 40.5 Å². The van der Waals surface area contributed by atoms with Crippen LogP contribution < -0.4 is 4.74 Å². The van der Waals surface area contributed by atoms with Crippen molar-refractivity contribution in [3.63, 3.8) is 0 Å². The Bertz CT molecular complexity index is 597. The van der Waals surface area contributed by atoms with E-state index in [1.54, 1.807) is 0 Å². The summed E-state index contributed by atoms with van der Waals surface area (Å²) >= 11 is 5.92. The monoisotopic (exact) mass is 282 g/mol. The number of hydrogen-bond acceptors (Lipinski definition) is 5. The van der Waals surface area contributed by atoms with E-state index in [-0.39, 0.29) is 17.2 Å². The van der Waals surface area contributed by atoms with Crippen LogP contribution in [0.1, 0.15) is 29.0 Å². The van der Waals surface area contributed by atoms with Gasteiger partial charge in [-0.3, -0.25) is 0 Å². The van der Waals surface area contributed by atoms with E-state index in [1.165, 1.54) is 18.2 Å². The highest BCUT2D eigenvalue weighted by Gasteiger charge is 2.10. The Hall–Kier alpha value is -2.08. The van der Waals surface area contributed by atoms with Gasteiger partial charge in [-0.2, -0.15) is 4.98 Å². The van der Waals surface area contributed by atoms with Crippen molar-refractivity contribution in [3.8, 4) is 5.75 Å². The van der Waals surface area contributed by atoms with E-state index in [4.69, 9.17) is 26.0 Å². The third-order valence-corrected chi connectivity index (χ3v) is 2.65. The highest BCUT2D eigenvalue weighted by atomic mass is 35.5. The highest BCUT2D eigenvalue weighted by molar-refractivity contribution is 6.32. The first kappa shape index (κ1) is 13.4. The predicted octanol–water partition coefficient (Wildman–Crippen LogP) is 2.56. The molecule has 0 radical (unpaired) electrons. The maximum atomic E-state index is 10.7. The second-order valence-electron chi connectivity index (χ2n) is 3.70. The van der Waals surface area contributed by atoms with Gasteiger partial charge in [0.05, 0.1) is 10.6 Å². The summed E-state index contributed by atoms with van der Waals surface area (Å²) in [7, 11) is 0. The molecule has 1 N–H and O–H groups in total. The van der Waals surface area contributed by atoms with Crippen LogP contribution in [0.3, 0.4) is 0 Å². The Morgan fingerprint density at radius 3 is 2.89 bits per heavy atom. The fraction of sp³-hybridized carbons (Fsp3) is 0.250. The number of aryl methyl sites for hydroxylation is 1. The van der Waals surface area contributed by atoms with Gasteiger partial charge in [-0.1, -0.05) is 23.7 Å². The van der Waals surface area contributed by atoms with Crippen LogP contribution in [0.15, 0.2) is 22.7 Å². The molecule has 1 aromatic carbocycles. The molecule has 0 bridgehead atoms. The molecule has 0 aliphatic heterocycles. The van der Waals surface area contributed by atoms with Crippen LogP contribution in [0.2, 0.25) is 5.02 Å². The van der Waals surface area contributed by atoms with Gasteiger partial charge in [0.25, 0.3) is 5.89 Å². The minimum Gasteiger partial charge on any atom is -0.482 e. The van der Waals surface area contributed by atoms with Crippen molar-refractivity contribution in [2.75, 3.05) is 0 Å². The van der Waals surface area contributed by atoms with E-state index in [0.717, 1.165) is 0 Å². The van der Waals surface area contributed by atoms with Gasteiger partial charge in [0, 0.05) is 6.42 Å². The number of benzene rings is 1. The van der Waals surface area contributed by atoms with E-state index in [0.29, 0.717) is 23.9 Å². The van der Waals surface area contributed by atoms with Gasteiger partial charge in [-0.05, 0) is 18.2 Å². The van der Waals surface area contributed by atoms with E-state index in [2.05, 4.69) is 10.1 Å². The van der Waals surface area contributed by atoms with Crippen molar-refractivity contribution in [1.82, 2.24) is 10.1 Å². The lowest BCUT2D eigenvalue weighted by molar-refractivity contribution is 0.0697. The van der Waals surface area contributed by atoms with E-state index in [9.17, 15) is 4.79 Å². The van der Waals surface area contributed by atoms with Crippen LogP contribution in [0.5, 0.6) is 5.75 Å². The average molecular weight is 283 g/mol. The first-order valence-corrected chi connectivity index (χ1v) is 5.95. The Labute approximate surface area is 114 Å². The summed E-state index contributed by atoms with van der Waals surface area (Å²) in [6.07, 6.45) is 0.678. The number of carboxylic acid groups (broad SMARTS) is 1. The number of rotatable bonds is 5. The maximum Gasteiger partial charge on any atom is 0.335 e. The van der Waals surface area contributed by atoms with Crippen molar-refractivity contribution in [2.24, 2.45) is 0 Å². The highest BCUT2D eigenvalue weighted by Crippen LogP contribution is 2.26. The maximum absolute atomic E-state index is 10.7. The van der Waals surface area contributed by atoms with Gasteiger partial charge in [0.15, 0.2) is 12.4 Å². The molecule has 0 saturated heterocycles. The van der Waals surface area contributed by atoms with Crippen molar-refractivity contribution >= 4 is 17.6 Å². The van der Waals surface area contributed by atoms with Gasteiger partial charge in [-0.15, -0.1) is 0 Å².